The van der Waals surface area contributed by atoms with Crippen LogP contribution in [0.3, 0.4) is 0 Å². The zero-order valence-electron chi connectivity index (χ0n) is 17.1. The minimum Gasteiger partial charge on any atom is -0.331 e. The number of amides is 1. The van der Waals surface area contributed by atoms with E-state index in [1.807, 2.05) is 29.4 Å². The average Bonchev–Trinajstić information content (AvgIpc) is 3.15. The number of benzene rings is 1. The van der Waals surface area contributed by atoms with Gasteiger partial charge in [-0.2, -0.15) is 5.10 Å². The van der Waals surface area contributed by atoms with E-state index in [1.54, 1.807) is 0 Å². The molecule has 3 aromatic rings. The van der Waals surface area contributed by atoms with Gasteiger partial charge in [0.1, 0.15) is 0 Å². The summed E-state index contributed by atoms with van der Waals surface area (Å²) in [7, 11) is 0. The summed E-state index contributed by atoms with van der Waals surface area (Å²) in [6.07, 6.45) is 13.5. The van der Waals surface area contributed by atoms with Gasteiger partial charge >= 0.3 is 0 Å². The molecule has 6 rings (SSSR count). The van der Waals surface area contributed by atoms with Crippen LogP contribution in [-0.4, -0.2) is 31.6 Å². The van der Waals surface area contributed by atoms with E-state index in [-0.39, 0.29) is 5.91 Å². The third kappa shape index (κ3) is 3.13. The highest BCUT2D eigenvalue weighted by molar-refractivity contribution is 6.00. The van der Waals surface area contributed by atoms with E-state index in [4.69, 9.17) is 4.98 Å². The predicted octanol–water partition coefficient (Wildman–Crippen LogP) is 4.92. The van der Waals surface area contributed by atoms with Crippen molar-refractivity contribution >= 4 is 5.91 Å². The number of hydrogen-bond acceptors (Lipinski definition) is 3. The fraction of sp³-hybridized carbons (Fsp3) is 0.400. The third-order valence-electron chi connectivity index (χ3n) is 6.87. The maximum Gasteiger partial charge on any atom is 0.254 e. The van der Waals surface area contributed by atoms with Crippen LogP contribution in [0.4, 0.5) is 0 Å². The fourth-order valence-corrected chi connectivity index (χ4v) is 5.08. The molecular formula is C25H26N4O. The molecule has 0 saturated heterocycles. The molecule has 0 N–H and O–H groups in total. The molecule has 0 bridgehead atoms. The Kier molecular flexibility index (Phi) is 4.22. The van der Waals surface area contributed by atoms with Crippen molar-refractivity contribution in [2.45, 2.75) is 57.7 Å². The van der Waals surface area contributed by atoms with Gasteiger partial charge in [-0.3, -0.25) is 14.5 Å². The number of carbonyl (C=O) groups excluding carboxylic acids is 1. The van der Waals surface area contributed by atoms with Gasteiger partial charge in [-0.05, 0) is 49.3 Å². The minimum atomic E-state index is 0.177. The molecule has 1 amide bonds. The van der Waals surface area contributed by atoms with Gasteiger partial charge < -0.3 is 4.90 Å². The normalized spacial score (nSPS) is 18.9. The standard InChI is InChI=1S/C25H26N4O/c30-25-23-12-18(7-8-19(23)16-29(25)21-9-10-21)24-22(6-3-11-26-24)20-13-27-28(15-20)14-17-4-1-2-5-17/h3,6-8,11-13,15,17,21H,1-2,4-5,9-10,14,16H2. The topological polar surface area (TPSA) is 51.0 Å². The molecule has 0 unspecified atom stereocenters. The summed E-state index contributed by atoms with van der Waals surface area (Å²) in [6.45, 7) is 1.75. The predicted molar refractivity (Wildman–Crippen MR) is 116 cm³/mol. The van der Waals surface area contributed by atoms with E-state index in [1.165, 1.54) is 25.7 Å². The Labute approximate surface area is 176 Å². The number of rotatable bonds is 5. The average molecular weight is 399 g/mol. The Hall–Kier alpha value is -2.95. The Morgan fingerprint density at radius 2 is 1.87 bits per heavy atom. The first-order valence-electron chi connectivity index (χ1n) is 11.2. The molecule has 0 atom stereocenters. The monoisotopic (exact) mass is 398 g/mol. The first-order valence-corrected chi connectivity index (χ1v) is 11.2. The number of carbonyl (C=O) groups is 1. The number of pyridine rings is 1. The zero-order chi connectivity index (χ0) is 20.1. The lowest BCUT2D eigenvalue weighted by molar-refractivity contribution is 0.0766. The molecule has 5 heteroatoms. The Morgan fingerprint density at radius 3 is 2.70 bits per heavy atom. The van der Waals surface area contributed by atoms with Gasteiger partial charge in [-0.1, -0.05) is 31.0 Å². The molecule has 2 aromatic heterocycles. The molecule has 2 saturated carbocycles. The van der Waals surface area contributed by atoms with Crippen molar-refractivity contribution in [1.29, 1.82) is 0 Å². The van der Waals surface area contributed by atoms with Crippen LogP contribution in [0.15, 0.2) is 48.9 Å². The van der Waals surface area contributed by atoms with Crippen LogP contribution in [0.2, 0.25) is 0 Å². The highest BCUT2D eigenvalue weighted by Gasteiger charge is 2.38. The van der Waals surface area contributed by atoms with Gasteiger partial charge in [0.15, 0.2) is 0 Å². The SMILES string of the molecule is O=C1c2cc(-c3ncccc3-c3cnn(CC4CCCC4)c3)ccc2CN1C1CC1. The molecule has 1 aromatic carbocycles. The van der Waals surface area contributed by atoms with E-state index in [0.29, 0.717) is 6.04 Å². The Bertz CT molecular complexity index is 1110. The van der Waals surface area contributed by atoms with Crippen LogP contribution in [0.1, 0.15) is 54.4 Å². The van der Waals surface area contributed by atoms with Crippen molar-refractivity contribution in [2.24, 2.45) is 5.92 Å². The lowest BCUT2D eigenvalue weighted by Crippen LogP contribution is -2.25. The maximum atomic E-state index is 12.9. The van der Waals surface area contributed by atoms with E-state index in [2.05, 4.69) is 34.2 Å². The van der Waals surface area contributed by atoms with Crippen molar-refractivity contribution in [1.82, 2.24) is 19.7 Å². The van der Waals surface area contributed by atoms with Crippen molar-refractivity contribution in [3.63, 3.8) is 0 Å². The molecule has 0 spiro atoms. The first kappa shape index (κ1) is 17.9. The zero-order valence-corrected chi connectivity index (χ0v) is 17.1. The van der Waals surface area contributed by atoms with Crippen LogP contribution in [0, 0.1) is 5.92 Å². The second kappa shape index (κ2) is 7.08. The quantitative estimate of drug-likeness (QED) is 0.613. The lowest BCUT2D eigenvalue weighted by atomic mass is 9.98. The first-order chi connectivity index (χ1) is 14.8. The second-order valence-corrected chi connectivity index (χ2v) is 9.04. The molecule has 2 aliphatic carbocycles. The molecule has 3 aliphatic rings. The Morgan fingerprint density at radius 1 is 1.00 bits per heavy atom. The largest absolute Gasteiger partial charge is 0.331 e. The minimum absolute atomic E-state index is 0.177. The highest BCUT2D eigenvalue weighted by atomic mass is 16.2. The number of fused-ring (bicyclic) bond motifs is 1. The van der Waals surface area contributed by atoms with E-state index in [0.717, 1.165) is 65.4 Å². The summed E-state index contributed by atoms with van der Waals surface area (Å²) in [4.78, 5) is 19.6. The van der Waals surface area contributed by atoms with E-state index < -0.39 is 0 Å². The van der Waals surface area contributed by atoms with Gasteiger partial charge in [-0.25, -0.2) is 0 Å². The summed E-state index contributed by atoms with van der Waals surface area (Å²) in [5.74, 6) is 0.930. The van der Waals surface area contributed by atoms with Gasteiger partial charge in [0.05, 0.1) is 11.9 Å². The molecule has 1 aliphatic heterocycles. The van der Waals surface area contributed by atoms with Crippen molar-refractivity contribution in [3.05, 3.63) is 60.0 Å². The smallest absolute Gasteiger partial charge is 0.254 e. The van der Waals surface area contributed by atoms with Crippen molar-refractivity contribution in [2.75, 3.05) is 0 Å². The van der Waals surface area contributed by atoms with Crippen molar-refractivity contribution < 1.29 is 4.79 Å². The molecule has 5 nitrogen and oxygen atoms in total. The van der Waals surface area contributed by atoms with Gasteiger partial charge in [0.25, 0.3) is 5.91 Å². The molecular weight excluding hydrogens is 372 g/mol. The molecule has 152 valence electrons. The number of nitrogens with zero attached hydrogens (tertiary/aromatic N) is 4. The van der Waals surface area contributed by atoms with Crippen LogP contribution < -0.4 is 0 Å². The van der Waals surface area contributed by atoms with Crippen LogP contribution in [0.5, 0.6) is 0 Å². The summed E-state index contributed by atoms with van der Waals surface area (Å²) in [5, 5.41) is 4.63. The van der Waals surface area contributed by atoms with E-state index >= 15 is 0 Å². The van der Waals surface area contributed by atoms with Crippen LogP contribution >= 0.6 is 0 Å². The third-order valence-corrected chi connectivity index (χ3v) is 6.87. The molecule has 2 fully saturated rings. The van der Waals surface area contributed by atoms with Crippen molar-refractivity contribution in [3.8, 4) is 22.4 Å². The Balaban J connectivity index is 1.32. The number of aromatic nitrogens is 3. The maximum absolute atomic E-state index is 12.9. The van der Waals surface area contributed by atoms with Crippen LogP contribution in [-0.2, 0) is 13.1 Å². The van der Waals surface area contributed by atoms with Gasteiger partial charge in [-0.15, -0.1) is 0 Å². The lowest BCUT2D eigenvalue weighted by Gasteiger charge is -2.13. The van der Waals surface area contributed by atoms with Crippen LogP contribution in [0.25, 0.3) is 22.4 Å². The number of hydrogen-bond donors (Lipinski definition) is 0. The summed E-state index contributed by atoms with van der Waals surface area (Å²) in [5.41, 5.74) is 6.05. The molecule has 3 heterocycles. The highest BCUT2D eigenvalue weighted by Crippen LogP contribution is 2.37. The summed E-state index contributed by atoms with van der Waals surface area (Å²) >= 11 is 0. The molecule has 30 heavy (non-hydrogen) atoms. The second-order valence-electron chi connectivity index (χ2n) is 9.04. The molecule has 0 radical (unpaired) electrons. The fourth-order valence-electron chi connectivity index (χ4n) is 5.08. The van der Waals surface area contributed by atoms with Gasteiger partial charge in [0.2, 0.25) is 0 Å². The summed E-state index contributed by atoms with van der Waals surface area (Å²) < 4.78 is 2.09. The summed E-state index contributed by atoms with van der Waals surface area (Å²) in [6, 6.07) is 10.8. The van der Waals surface area contributed by atoms with Gasteiger partial charge in [0, 0.05) is 53.8 Å². The van der Waals surface area contributed by atoms with E-state index in [9.17, 15) is 4.79 Å².